The summed E-state index contributed by atoms with van der Waals surface area (Å²) in [5.41, 5.74) is 1.91. The summed E-state index contributed by atoms with van der Waals surface area (Å²) < 4.78 is 12.2. The number of nitrogens with zero attached hydrogens (tertiary/aromatic N) is 3. The van der Waals surface area contributed by atoms with E-state index in [9.17, 15) is 4.79 Å². The summed E-state index contributed by atoms with van der Waals surface area (Å²) in [5.74, 6) is 1.93. The number of aromatic nitrogens is 2. The molecule has 1 N–H and O–H groups in total. The van der Waals surface area contributed by atoms with Gasteiger partial charge in [-0.25, -0.2) is 4.98 Å². The molecule has 0 fully saturated rings. The van der Waals surface area contributed by atoms with E-state index in [1.807, 2.05) is 54.6 Å². The van der Waals surface area contributed by atoms with E-state index in [-0.39, 0.29) is 5.91 Å². The van der Waals surface area contributed by atoms with E-state index in [0.29, 0.717) is 44.3 Å². The minimum atomic E-state index is 0.0159. The Balaban J connectivity index is 1.43. The van der Waals surface area contributed by atoms with Crippen molar-refractivity contribution >= 4 is 5.91 Å². The molecule has 1 aromatic carbocycles. The van der Waals surface area contributed by atoms with Crippen LogP contribution in [0.4, 0.5) is 0 Å². The Hall–Kier alpha value is -3.45. The van der Waals surface area contributed by atoms with Crippen molar-refractivity contribution in [2.75, 3.05) is 26.2 Å². The summed E-state index contributed by atoms with van der Waals surface area (Å²) in [6, 6.07) is 17.4. The van der Waals surface area contributed by atoms with Gasteiger partial charge in [-0.2, -0.15) is 0 Å². The van der Waals surface area contributed by atoms with Crippen molar-refractivity contribution in [2.45, 2.75) is 38.6 Å². The fourth-order valence-corrected chi connectivity index (χ4v) is 3.96. The first-order valence-electron chi connectivity index (χ1n) is 12.0. The lowest BCUT2D eigenvalue weighted by atomic mass is 10.1. The third-order valence-corrected chi connectivity index (χ3v) is 5.72. The van der Waals surface area contributed by atoms with Crippen molar-refractivity contribution in [1.82, 2.24) is 20.2 Å². The number of para-hydroxylation sites is 2. The molecule has 0 unspecified atom stereocenters. The second kappa shape index (κ2) is 12.7. The molecule has 0 radical (unpaired) electrons. The summed E-state index contributed by atoms with van der Waals surface area (Å²) >= 11 is 0. The van der Waals surface area contributed by atoms with Crippen LogP contribution >= 0.6 is 0 Å². The normalized spacial score (nSPS) is 15.1. The molecule has 2 aromatic heterocycles. The number of amides is 1. The van der Waals surface area contributed by atoms with Gasteiger partial charge in [0.25, 0.3) is 0 Å². The Morgan fingerprint density at radius 2 is 1.74 bits per heavy atom. The summed E-state index contributed by atoms with van der Waals surface area (Å²) in [7, 11) is 0. The lowest BCUT2D eigenvalue weighted by molar-refractivity contribution is -0.122. The highest BCUT2D eigenvalue weighted by atomic mass is 16.5. The SMILES string of the molecule is O=C(CN1CCCCCCOc2ccccc2Oc2ncccc2C1)NCCc1ccccn1. The number of rotatable bonds is 5. The Morgan fingerprint density at radius 1 is 0.912 bits per heavy atom. The predicted molar refractivity (Wildman–Crippen MR) is 131 cm³/mol. The van der Waals surface area contributed by atoms with Crippen molar-refractivity contribution in [2.24, 2.45) is 0 Å². The third-order valence-electron chi connectivity index (χ3n) is 5.72. The maximum absolute atomic E-state index is 12.7. The van der Waals surface area contributed by atoms with E-state index < -0.39 is 0 Å². The van der Waals surface area contributed by atoms with Crippen molar-refractivity contribution in [3.05, 3.63) is 78.2 Å². The topological polar surface area (TPSA) is 76.6 Å². The van der Waals surface area contributed by atoms with E-state index in [1.54, 1.807) is 12.4 Å². The molecule has 1 amide bonds. The fraction of sp³-hybridized carbons (Fsp3) is 0.370. The first-order chi connectivity index (χ1) is 16.8. The number of pyridine rings is 2. The molecule has 7 nitrogen and oxygen atoms in total. The highest BCUT2D eigenvalue weighted by Gasteiger charge is 2.16. The van der Waals surface area contributed by atoms with E-state index in [2.05, 4.69) is 20.2 Å². The molecule has 3 aromatic rings. The molecule has 1 aliphatic rings. The molecule has 178 valence electrons. The number of benzene rings is 1. The zero-order valence-electron chi connectivity index (χ0n) is 19.5. The van der Waals surface area contributed by atoms with Gasteiger partial charge in [-0.1, -0.05) is 37.1 Å². The second-order valence-electron chi connectivity index (χ2n) is 8.41. The van der Waals surface area contributed by atoms with Gasteiger partial charge in [0.1, 0.15) is 0 Å². The highest BCUT2D eigenvalue weighted by Crippen LogP contribution is 2.32. The third kappa shape index (κ3) is 7.28. The average Bonchev–Trinajstić information content (AvgIpc) is 2.86. The highest BCUT2D eigenvalue weighted by molar-refractivity contribution is 5.78. The Bertz CT molecular complexity index is 1040. The molecule has 34 heavy (non-hydrogen) atoms. The number of hydrogen-bond donors (Lipinski definition) is 1. The van der Waals surface area contributed by atoms with E-state index in [4.69, 9.17) is 9.47 Å². The van der Waals surface area contributed by atoms with Crippen LogP contribution in [0, 0.1) is 0 Å². The van der Waals surface area contributed by atoms with Crippen LogP contribution in [-0.2, 0) is 17.8 Å². The molecule has 0 atom stereocenters. The smallest absolute Gasteiger partial charge is 0.234 e. The molecule has 0 saturated heterocycles. The zero-order valence-corrected chi connectivity index (χ0v) is 19.5. The van der Waals surface area contributed by atoms with Crippen molar-refractivity contribution < 1.29 is 14.3 Å². The van der Waals surface area contributed by atoms with Crippen LogP contribution in [0.15, 0.2) is 67.0 Å². The van der Waals surface area contributed by atoms with Crippen molar-refractivity contribution in [3.8, 4) is 17.4 Å². The number of carbonyl (C=O) groups excluding carboxylic acids is 1. The number of carbonyl (C=O) groups is 1. The number of hydrogen-bond acceptors (Lipinski definition) is 6. The quantitative estimate of drug-likeness (QED) is 0.609. The minimum absolute atomic E-state index is 0.0159. The number of fused-ring (bicyclic) bond motifs is 2. The standard InChI is InChI=1S/C27H32N4O3/c32-26(29-17-14-23-11-5-6-15-28-23)21-31-18-7-1-2-8-19-33-24-12-3-4-13-25(24)34-27-22(20-31)10-9-16-30-27/h3-6,9-13,15-16H,1-2,7-8,14,17-21H2,(H,29,32). The van der Waals surface area contributed by atoms with Gasteiger partial charge in [-0.05, 0) is 49.7 Å². The Kier molecular flexibility index (Phi) is 8.85. The molecule has 0 spiro atoms. The van der Waals surface area contributed by atoms with Crippen LogP contribution in [0.2, 0.25) is 0 Å². The van der Waals surface area contributed by atoms with Crippen molar-refractivity contribution in [1.29, 1.82) is 0 Å². The Morgan fingerprint density at radius 3 is 2.62 bits per heavy atom. The fourth-order valence-electron chi connectivity index (χ4n) is 3.96. The summed E-state index contributed by atoms with van der Waals surface area (Å²) in [5, 5.41) is 3.04. The predicted octanol–water partition coefficient (Wildman–Crippen LogP) is 4.38. The molecular formula is C27H32N4O3. The van der Waals surface area contributed by atoms with E-state index in [1.165, 1.54) is 0 Å². The van der Waals surface area contributed by atoms with Crippen LogP contribution in [0.5, 0.6) is 17.4 Å². The van der Waals surface area contributed by atoms with Crippen LogP contribution in [-0.4, -0.2) is 47.0 Å². The minimum Gasteiger partial charge on any atom is -0.490 e. The number of ether oxygens (including phenoxy) is 2. The molecule has 0 bridgehead atoms. The molecule has 7 heteroatoms. The lowest BCUT2D eigenvalue weighted by Crippen LogP contribution is -2.38. The summed E-state index contributed by atoms with van der Waals surface area (Å²) in [6.45, 7) is 2.97. The first kappa shape index (κ1) is 23.7. The molecule has 4 rings (SSSR count). The maximum atomic E-state index is 12.7. The van der Waals surface area contributed by atoms with Gasteiger partial charge in [0.05, 0.1) is 13.2 Å². The van der Waals surface area contributed by atoms with Crippen molar-refractivity contribution in [3.63, 3.8) is 0 Å². The number of nitrogens with one attached hydrogen (secondary N) is 1. The van der Waals surface area contributed by atoms with Gasteiger partial charge in [-0.3, -0.25) is 14.7 Å². The lowest BCUT2D eigenvalue weighted by Gasteiger charge is -2.23. The monoisotopic (exact) mass is 460 g/mol. The second-order valence-corrected chi connectivity index (χ2v) is 8.41. The Labute approximate surface area is 201 Å². The van der Waals surface area contributed by atoms with Crippen LogP contribution in [0.1, 0.15) is 36.9 Å². The summed E-state index contributed by atoms with van der Waals surface area (Å²) in [6.07, 6.45) is 8.40. The maximum Gasteiger partial charge on any atom is 0.234 e. The van der Waals surface area contributed by atoms with Gasteiger partial charge in [0, 0.05) is 43.2 Å². The summed E-state index contributed by atoms with van der Waals surface area (Å²) in [4.78, 5) is 23.7. The van der Waals surface area contributed by atoms with Gasteiger partial charge >= 0.3 is 0 Å². The van der Waals surface area contributed by atoms with Crippen LogP contribution < -0.4 is 14.8 Å². The van der Waals surface area contributed by atoms with Crippen LogP contribution in [0.3, 0.4) is 0 Å². The molecule has 0 saturated carbocycles. The van der Waals surface area contributed by atoms with E-state index >= 15 is 0 Å². The molecule has 3 heterocycles. The van der Waals surface area contributed by atoms with Crippen LogP contribution in [0.25, 0.3) is 0 Å². The molecule has 0 aliphatic carbocycles. The molecule has 1 aliphatic heterocycles. The van der Waals surface area contributed by atoms with Gasteiger partial charge in [-0.15, -0.1) is 0 Å². The molecular weight excluding hydrogens is 428 g/mol. The van der Waals surface area contributed by atoms with Gasteiger partial charge in [0.15, 0.2) is 11.5 Å². The zero-order chi connectivity index (χ0) is 23.4. The van der Waals surface area contributed by atoms with Gasteiger partial charge < -0.3 is 14.8 Å². The largest absolute Gasteiger partial charge is 0.490 e. The van der Waals surface area contributed by atoms with E-state index in [0.717, 1.165) is 49.2 Å². The average molecular weight is 461 g/mol. The first-order valence-corrected chi connectivity index (χ1v) is 12.0. The van der Waals surface area contributed by atoms with Gasteiger partial charge in [0.2, 0.25) is 11.8 Å².